The summed E-state index contributed by atoms with van der Waals surface area (Å²) in [4.78, 5) is 24.4. The Hall–Kier alpha value is -2.87. The highest BCUT2D eigenvalue weighted by molar-refractivity contribution is 9.10. The predicted molar refractivity (Wildman–Crippen MR) is 104 cm³/mol. The first kappa shape index (κ1) is 17.5. The van der Waals surface area contributed by atoms with E-state index in [-0.39, 0.29) is 5.91 Å². The first-order chi connectivity index (χ1) is 13.1. The van der Waals surface area contributed by atoms with Crippen LogP contribution >= 0.6 is 15.9 Å². The van der Waals surface area contributed by atoms with Crippen LogP contribution in [-0.4, -0.2) is 41.6 Å². The number of methoxy groups -OCH3 is 2. The Morgan fingerprint density at radius 3 is 2.63 bits per heavy atom. The Kier molecular flexibility index (Phi) is 4.57. The number of halogens is 1. The van der Waals surface area contributed by atoms with E-state index in [1.165, 1.54) is 0 Å². The van der Waals surface area contributed by atoms with Crippen LogP contribution in [0, 0.1) is 0 Å². The highest BCUT2D eigenvalue weighted by Crippen LogP contribution is 2.37. The lowest BCUT2D eigenvalue weighted by Crippen LogP contribution is -2.31. The van der Waals surface area contributed by atoms with Gasteiger partial charge in [-0.2, -0.15) is 0 Å². The average Bonchev–Trinajstić information content (AvgIpc) is 3.13. The molecule has 2 aromatic heterocycles. The minimum Gasteiger partial charge on any atom is -0.493 e. The molecule has 1 aliphatic rings. The maximum atomic E-state index is 12.0. The number of carbonyl (C=O) groups is 1. The van der Waals surface area contributed by atoms with E-state index < -0.39 is 0 Å². The number of aromatic amines is 1. The van der Waals surface area contributed by atoms with E-state index in [0.29, 0.717) is 35.1 Å². The Bertz CT molecular complexity index is 1030. The topological polar surface area (TPSA) is 89.1 Å². The zero-order chi connectivity index (χ0) is 19.0. The zero-order valence-electron chi connectivity index (χ0n) is 14.8. The average molecular weight is 429 g/mol. The summed E-state index contributed by atoms with van der Waals surface area (Å²) in [6, 6.07) is 7.30. The first-order valence-corrected chi connectivity index (χ1v) is 9.15. The van der Waals surface area contributed by atoms with Gasteiger partial charge in [-0.15, -0.1) is 0 Å². The summed E-state index contributed by atoms with van der Waals surface area (Å²) in [6.07, 6.45) is 2.47. The molecule has 1 aromatic carbocycles. The molecule has 0 bridgehead atoms. The molecule has 1 aliphatic heterocycles. The molecule has 1 amide bonds. The van der Waals surface area contributed by atoms with Crippen LogP contribution in [0.3, 0.4) is 0 Å². The van der Waals surface area contributed by atoms with Gasteiger partial charge in [0.1, 0.15) is 0 Å². The van der Waals surface area contributed by atoms with Crippen molar-refractivity contribution in [2.24, 2.45) is 0 Å². The number of carbonyl (C=O) groups excluding carboxylic acids is 1. The normalized spacial score (nSPS) is 13.1. The van der Waals surface area contributed by atoms with Gasteiger partial charge in [0, 0.05) is 34.9 Å². The highest BCUT2D eigenvalue weighted by atomic mass is 79.9. The smallest absolute Gasteiger partial charge is 0.253 e. The number of nitrogens with zero attached hydrogens (tertiary/aromatic N) is 2. The molecule has 2 N–H and O–H groups in total. The van der Waals surface area contributed by atoms with Crippen LogP contribution in [0.4, 0.5) is 0 Å². The third-order valence-electron chi connectivity index (χ3n) is 4.45. The van der Waals surface area contributed by atoms with Crippen LogP contribution in [-0.2, 0) is 6.42 Å². The quantitative estimate of drug-likeness (QED) is 0.665. The fourth-order valence-corrected chi connectivity index (χ4v) is 3.60. The van der Waals surface area contributed by atoms with Gasteiger partial charge in [0.15, 0.2) is 17.3 Å². The maximum absolute atomic E-state index is 12.0. The molecule has 138 valence electrons. The van der Waals surface area contributed by atoms with E-state index in [0.717, 1.165) is 27.8 Å². The second-order valence-electron chi connectivity index (χ2n) is 6.03. The van der Waals surface area contributed by atoms with Crippen LogP contribution in [0.1, 0.15) is 16.1 Å². The first-order valence-electron chi connectivity index (χ1n) is 8.36. The summed E-state index contributed by atoms with van der Waals surface area (Å²) in [7, 11) is 3.17. The third-order valence-corrected chi connectivity index (χ3v) is 5.11. The second-order valence-corrected chi connectivity index (χ2v) is 6.89. The molecule has 0 atom stereocenters. The summed E-state index contributed by atoms with van der Waals surface area (Å²) in [5, 5.41) is 2.85. The van der Waals surface area contributed by atoms with Gasteiger partial charge in [0.05, 0.1) is 31.2 Å². The summed E-state index contributed by atoms with van der Waals surface area (Å²) in [5.41, 5.74) is 3.88. The molecule has 0 spiro atoms. The van der Waals surface area contributed by atoms with Crippen molar-refractivity contribution in [1.82, 2.24) is 20.3 Å². The second kappa shape index (κ2) is 7.03. The largest absolute Gasteiger partial charge is 0.493 e. The van der Waals surface area contributed by atoms with Crippen LogP contribution in [0.5, 0.6) is 11.5 Å². The number of hydrogen-bond donors (Lipinski definition) is 2. The molecule has 0 saturated heterocycles. The lowest BCUT2D eigenvalue weighted by Gasteiger charge is -2.11. The summed E-state index contributed by atoms with van der Waals surface area (Å²) < 4.78 is 11.5. The number of fused-ring (bicyclic) bond motifs is 1. The van der Waals surface area contributed by atoms with Crippen molar-refractivity contribution in [1.29, 1.82) is 0 Å². The minimum absolute atomic E-state index is 0.0596. The number of ether oxygens (including phenoxy) is 2. The highest BCUT2D eigenvalue weighted by Gasteiger charge is 2.21. The van der Waals surface area contributed by atoms with Crippen molar-refractivity contribution in [3.8, 4) is 34.3 Å². The van der Waals surface area contributed by atoms with Crippen LogP contribution in [0.2, 0.25) is 0 Å². The molecule has 0 aliphatic carbocycles. The Labute approximate surface area is 164 Å². The molecule has 0 saturated carbocycles. The Morgan fingerprint density at radius 1 is 1.11 bits per heavy atom. The van der Waals surface area contributed by atoms with Gasteiger partial charge in [-0.1, -0.05) is 0 Å². The molecular weight excluding hydrogens is 412 g/mol. The summed E-state index contributed by atoms with van der Waals surface area (Å²) >= 11 is 3.55. The number of hydrogen-bond acceptors (Lipinski definition) is 5. The van der Waals surface area contributed by atoms with Crippen molar-refractivity contribution in [3.63, 3.8) is 0 Å². The van der Waals surface area contributed by atoms with E-state index in [2.05, 4.69) is 36.2 Å². The number of nitrogens with one attached hydrogen (secondary N) is 2. The van der Waals surface area contributed by atoms with Gasteiger partial charge in [0.2, 0.25) is 0 Å². The number of amides is 1. The lowest BCUT2D eigenvalue weighted by molar-refractivity contribution is 0.0946. The lowest BCUT2D eigenvalue weighted by atomic mass is 10.1. The number of benzene rings is 1. The molecular formula is C19H17BrN4O3. The van der Waals surface area contributed by atoms with Gasteiger partial charge in [-0.05, 0) is 40.2 Å². The Morgan fingerprint density at radius 2 is 1.89 bits per heavy atom. The molecule has 0 unspecified atom stereocenters. The molecule has 27 heavy (non-hydrogen) atoms. The van der Waals surface area contributed by atoms with Gasteiger partial charge in [-0.3, -0.25) is 4.79 Å². The van der Waals surface area contributed by atoms with Crippen molar-refractivity contribution in [2.75, 3.05) is 20.8 Å². The molecule has 4 rings (SSSR count). The van der Waals surface area contributed by atoms with Gasteiger partial charge in [-0.25, -0.2) is 9.97 Å². The number of aromatic nitrogens is 3. The standard InChI is InChI=1S/C19H17BrN4O3/c1-26-16-8-10(12(20)9-17(16)27-2)18-21-5-4-14(24-18)15-7-11-13(23-15)3-6-22-19(11)25/h4-5,7-9,23H,3,6H2,1-2H3,(H,22,25). The van der Waals surface area contributed by atoms with Crippen LogP contribution < -0.4 is 14.8 Å². The molecule has 0 radical (unpaired) electrons. The van der Waals surface area contributed by atoms with Gasteiger partial charge >= 0.3 is 0 Å². The van der Waals surface area contributed by atoms with Crippen LogP contribution in [0.25, 0.3) is 22.8 Å². The molecule has 3 heterocycles. The monoisotopic (exact) mass is 428 g/mol. The van der Waals surface area contributed by atoms with Crippen molar-refractivity contribution >= 4 is 21.8 Å². The van der Waals surface area contributed by atoms with Crippen LogP contribution in [0.15, 0.2) is 34.9 Å². The number of rotatable bonds is 4. The van der Waals surface area contributed by atoms with Gasteiger partial charge in [0.25, 0.3) is 5.91 Å². The van der Waals surface area contributed by atoms with E-state index in [4.69, 9.17) is 9.47 Å². The van der Waals surface area contributed by atoms with Crippen molar-refractivity contribution < 1.29 is 14.3 Å². The van der Waals surface area contributed by atoms with Crippen molar-refractivity contribution in [2.45, 2.75) is 6.42 Å². The van der Waals surface area contributed by atoms with E-state index >= 15 is 0 Å². The molecule has 8 heteroatoms. The minimum atomic E-state index is -0.0596. The number of H-pyrrole nitrogens is 1. The zero-order valence-corrected chi connectivity index (χ0v) is 16.4. The van der Waals surface area contributed by atoms with E-state index in [9.17, 15) is 4.79 Å². The molecule has 0 fully saturated rings. The summed E-state index contributed by atoms with van der Waals surface area (Å²) in [5.74, 6) is 1.69. The predicted octanol–water partition coefficient (Wildman–Crippen LogP) is 3.20. The van der Waals surface area contributed by atoms with E-state index in [1.807, 2.05) is 24.3 Å². The van der Waals surface area contributed by atoms with E-state index in [1.54, 1.807) is 20.4 Å². The SMILES string of the molecule is COc1cc(Br)c(-c2nccc(-c3cc4c([nH]3)CCNC4=O)n2)cc1OC. The van der Waals surface area contributed by atoms with Gasteiger partial charge < -0.3 is 19.8 Å². The summed E-state index contributed by atoms with van der Waals surface area (Å²) in [6.45, 7) is 0.638. The Balaban J connectivity index is 1.77. The molecule has 7 nitrogen and oxygen atoms in total. The fraction of sp³-hybridized carbons (Fsp3) is 0.211. The third kappa shape index (κ3) is 3.16. The maximum Gasteiger partial charge on any atom is 0.253 e. The fourth-order valence-electron chi connectivity index (χ4n) is 3.10. The van der Waals surface area contributed by atoms with Crippen molar-refractivity contribution in [3.05, 3.63) is 46.2 Å². The molecule has 3 aromatic rings.